The van der Waals surface area contributed by atoms with E-state index in [0.29, 0.717) is 64.3 Å². The highest BCUT2D eigenvalue weighted by Gasteiger charge is 2.48. The number of carbonyl (C=O) groups excluding carboxylic acids is 5. The maximum atomic E-state index is 14.7. The largest absolute Gasteiger partial charge is 0.446 e. The number of carbonyl (C=O) groups is 5. The first kappa shape index (κ1) is 54.4. The van der Waals surface area contributed by atoms with E-state index in [4.69, 9.17) is 9.47 Å². The van der Waals surface area contributed by atoms with E-state index >= 15 is 0 Å². The number of benzene rings is 1. The minimum absolute atomic E-state index is 0.176. The van der Waals surface area contributed by atoms with Crippen LogP contribution in [0, 0.1) is 11.8 Å². The Labute approximate surface area is 394 Å². The van der Waals surface area contributed by atoms with Crippen LogP contribution < -0.4 is 21.3 Å². The summed E-state index contributed by atoms with van der Waals surface area (Å²) >= 11 is 0. The van der Waals surface area contributed by atoms with Gasteiger partial charge in [0.25, 0.3) is 0 Å². The first-order valence-corrected chi connectivity index (χ1v) is 24.1. The van der Waals surface area contributed by atoms with Gasteiger partial charge in [0.2, 0.25) is 17.7 Å². The summed E-state index contributed by atoms with van der Waals surface area (Å²) in [5.41, 5.74) is -2.19. The lowest BCUT2D eigenvalue weighted by atomic mass is 9.79. The van der Waals surface area contributed by atoms with Gasteiger partial charge < -0.3 is 46.1 Å². The molecule has 3 aliphatic heterocycles. The van der Waals surface area contributed by atoms with Gasteiger partial charge in [0.1, 0.15) is 23.8 Å². The monoisotopic (exact) mass is 926 g/mol. The zero-order valence-corrected chi connectivity index (χ0v) is 42.2. The molecule has 1 unspecified atom stereocenters. The van der Waals surface area contributed by atoms with E-state index in [-0.39, 0.29) is 36.7 Å². The molecule has 0 spiro atoms. The molecule has 3 heterocycles. The molecule has 372 valence electrons. The number of amides is 5. The number of nitrogens with zero attached hydrogens (tertiary/aromatic N) is 3. The second-order valence-electron chi connectivity index (χ2n) is 22.8. The number of likely N-dealkylation sites (tertiary alicyclic amines) is 1. The molecule has 0 aromatic heterocycles. The molecular formula is C50H83N7O9. The zero-order valence-electron chi connectivity index (χ0n) is 42.2. The predicted octanol–water partition coefficient (Wildman–Crippen LogP) is 7.26. The normalized spacial score (nSPS) is 22.6. The Bertz CT molecular complexity index is 1810. The van der Waals surface area contributed by atoms with Crippen LogP contribution >= 0.6 is 0 Å². The number of rotatable bonds is 17. The van der Waals surface area contributed by atoms with Crippen molar-refractivity contribution < 1.29 is 43.9 Å². The van der Waals surface area contributed by atoms with Crippen molar-refractivity contribution >= 4 is 29.9 Å². The van der Waals surface area contributed by atoms with Gasteiger partial charge in [0.15, 0.2) is 0 Å². The third-order valence-electron chi connectivity index (χ3n) is 12.9. The van der Waals surface area contributed by atoms with Gasteiger partial charge in [0, 0.05) is 54.1 Å². The minimum atomic E-state index is -0.988. The summed E-state index contributed by atoms with van der Waals surface area (Å²) in [6.07, 6.45) is 6.50. The average Bonchev–Trinajstić information content (AvgIpc) is 3.68. The summed E-state index contributed by atoms with van der Waals surface area (Å²) in [5, 5.41) is 36.2. The smallest absolute Gasteiger partial charge is 0.408 e. The van der Waals surface area contributed by atoms with Crippen LogP contribution in [0.2, 0.25) is 0 Å². The number of nitrogens with one attached hydrogen (secondary N) is 4. The van der Waals surface area contributed by atoms with Crippen molar-refractivity contribution in [3.8, 4) is 0 Å². The molecule has 0 radical (unpaired) electrons. The fraction of sp³-hybridized carbons (Fsp3) is 0.740. The van der Waals surface area contributed by atoms with E-state index in [2.05, 4.69) is 35.1 Å². The Morgan fingerprint density at radius 2 is 1.39 bits per heavy atom. The molecule has 3 fully saturated rings. The Morgan fingerprint density at radius 1 is 0.818 bits per heavy atom. The number of alkyl carbamates (subject to hydrolysis) is 2. The van der Waals surface area contributed by atoms with E-state index in [1.807, 2.05) is 97.9 Å². The molecule has 3 aliphatic rings. The van der Waals surface area contributed by atoms with E-state index in [1.165, 1.54) is 10.1 Å². The summed E-state index contributed by atoms with van der Waals surface area (Å²) < 4.78 is 11.3. The standard InChI is InChI=1S/C50H83N7O9/c1-33(2)27-36(53-45(62)66-46(3,4)5)24-23-35(28-34-19-15-14-16-20-34)43(60)55-26-18-22-40(55)42(59)54-39(41(58)52-37-29-47(6,7)56(63)48(8,9)30-37)21-17-25-51-44(61)65-38-31-49(10,11)57(64)50(12,13)32-38/h14-16,19-20,23-24,33,35-40,63-64H,17-18,21-22,25-32H2,1-13H3,(H,51,61)(H,52,58)(H,53,62)(H,54,59)/b24-23+/t35-,36?,39+,40+/m1/s1. The number of piperidine rings is 2. The minimum Gasteiger partial charge on any atom is -0.446 e. The molecule has 16 nitrogen and oxygen atoms in total. The van der Waals surface area contributed by atoms with Crippen molar-refractivity contribution in [2.75, 3.05) is 13.1 Å². The van der Waals surface area contributed by atoms with Gasteiger partial charge in [0.05, 0.1) is 12.0 Å². The van der Waals surface area contributed by atoms with Crippen LogP contribution in [0.15, 0.2) is 42.5 Å². The first-order chi connectivity index (χ1) is 30.5. The summed E-state index contributed by atoms with van der Waals surface area (Å²) in [6.45, 7) is 25.3. The van der Waals surface area contributed by atoms with Crippen LogP contribution in [0.4, 0.5) is 9.59 Å². The van der Waals surface area contributed by atoms with Gasteiger partial charge in [-0.15, -0.1) is 0 Å². The van der Waals surface area contributed by atoms with Crippen molar-refractivity contribution in [3.63, 3.8) is 0 Å². The number of hydrogen-bond donors (Lipinski definition) is 6. The van der Waals surface area contributed by atoms with Crippen molar-refractivity contribution in [1.29, 1.82) is 0 Å². The maximum Gasteiger partial charge on any atom is 0.408 e. The highest BCUT2D eigenvalue weighted by atomic mass is 16.6. The number of hydrogen-bond acceptors (Lipinski definition) is 11. The van der Waals surface area contributed by atoms with Crippen molar-refractivity contribution in [1.82, 2.24) is 36.3 Å². The van der Waals surface area contributed by atoms with E-state index in [9.17, 15) is 34.4 Å². The molecule has 1 aromatic carbocycles. The SMILES string of the molecule is CC(C)CC(/C=C/[C@H](Cc1ccccc1)C(=O)N1CCC[C@H]1C(=O)N[C@@H](CCCNC(=O)OC1CC(C)(C)N(O)C(C)(C)C1)C(=O)NC1CC(C)(C)N(O)C(C)(C)C1)NC(=O)OC(C)(C)C. The van der Waals surface area contributed by atoms with Crippen LogP contribution in [-0.4, -0.2) is 126 Å². The van der Waals surface area contributed by atoms with E-state index in [0.717, 1.165) is 5.56 Å². The molecule has 4 atom stereocenters. The fourth-order valence-corrected chi connectivity index (χ4v) is 10.2. The lowest BCUT2D eigenvalue weighted by Crippen LogP contribution is -2.64. The van der Waals surface area contributed by atoms with Crippen LogP contribution in [0.25, 0.3) is 0 Å². The van der Waals surface area contributed by atoms with Gasteiger partial charge in [-0.25, -0.2) is 9.59 Å². The van der Waals surface area contributed by atoms with Crippen LogP contribution in [-0.2, 0) is 30.3 Å². The fourth-order valence-electron chi connectivity index (χ4n) is 10.2. The molecule has 3 saturated heterocycles. The van der Waals surface area contributed by atoms with Gasteiger partial charge in [-0.3, -0.25) is 14.4 Å². The Kier molecular flexibility index (Phi) is 18.3. The van der Waals surface area contributed by atoms with Gasteiger partial charge >= 0.3 is 12.2 Å². The van der Waals surface area contributed by atoms with Gasteiger partial charge in [-0.2, -0.15) is 10.1 Å². The summed E-state index contributed by atoms with van der Waals surface area (Å²) in [7, 11) is 0. The number of ether oxygens (including phenoxy) is 2. The third-order valence-corrected chi connectivity index (χ3v) is 12.9. The van der Waals surface area contributed by atoms with Gasteiger partial charge in [-0.1, -0.05) is 56.3 Å². The van der Waals surface area contributed by atoms with Crippen LogP contribution in [0.1, 0.15) is 153 Å². The number of hydroxylamine groups is 4. The highest BCUT2D eigenvalue weighted by molar-refractivity contribution is 5.93. The van der Waals surface area contributed by atoms with Crippen LogP contribution in [0.3, 0.4) is 0 Å². The first-order valence-electron chi connectivity index (χ1n) is 24.1. The quantitative estimate of drug-likeness (QED) is 0.0679. The lowest BCUT2D eigenvalue weighted by Gasteiger charge is -2.51. The zero-order chi connectivity index (χ0) is 49.4. The molecule has 6 N–H and O–H groups in total. The Balaban J connectivity index is 1.51. The third kappa shape index (κ3) is 15.7. The Hall–Kier alpha value is -4.25. The summed E-state index contributed by atoms with van der Waals surface area (Å²) in [4.78, 5) is 70.8. The molecule has 0 aliphatic carbocycles. The molecule has 0 saturated carbocycles. The van der Waals surface area contributed by atoms with E-state index in [1.54, 1.807) is 25.7 Å². The second-order valence-corrected chi connectivity index (χ2v) is 22.8. The van der Waals surface area contributed by atoms with E-state index < -0.39 is 76.0 Å². The second kappa shape index (κ2) is 22.2. The molecule has 16 heteroatoms. The molecular weight excluding hydrogens is 843 g/mol. The molecule has 1 aromatic rings. The lowest BCUT2D eigenvalue weighted by molar-refractivity contribution is -0.256. The topological polar surface area (TPSA) is 202 Å². The predicted molar refractivity (Wildman–Crippen MR) is 254 cm³/mol. The summed E-state index contributed by atoms with van der Waals surface area (Å²) in [5.74, 6) is -1.47. The van der Waals surface area contributed by atoms with Crippen molar-refractivity contribution in [2.24, 2.45) is 11.8 Å². The average molecular weight is 926 g/mol. The molecule has 66 heavy (non-hydrogen) atoms. The van der Waals surface area contributed by atoms with Crippen LogP contribution in [0.5, 0.6) is 0 Å². The molecule has 4 rings (SSSR count). The van der Waals surface area contributed by atoms with Gasteiger partial charge in [-0.05, 0) is 139 Å². The molecule has 0 bridgehead atoms. The summed E-state index contributed by atoms with van der Waals surface area (Å²) in [6, 6.07) is 7.15. The Morgan fingerprint density at radius 3 is 1.95 bits per heavy atom. The van der Waals surface area contributed by atoms with Crippen molar-refractivity contribution in [2.45, 2.75) is 212 Å². The maximum absolute atomic E-state index is 14.7. The van der Waals surface area contributed by atoms with Crippen molar-refractivity contribution in [3.05, 3.63) is 48.0 Å². The highest BCUT2D eigenvalue weighted by Crippen LogP contribution is 2.39. The molecule has 5 amide bonds.